The van der Waals surface area contributed by atoms with Gasteiger partial charge < -0.3 is 31.8 Å². The number of hydrogen-bond acceptors (Lipinski definition) is 6. The lowest BCUT2D eigenvalue weighted by molar-refractivity contribution is -0.142. The van der Waals surface area contributed by atoms with Crippen molar-refractivity contribution in [2.24, 2.45) is 11.7 Å². The zero-order chi connectivity index (χ0) is 26.0. The molecule has 0 radical (unpaired) electrons. The van der Waals surface area contributed by atoms with E-state index in [1.807, 2.05) is 37.3 Å². The highest BCUT2D eigenvalue weighted by molar-refractivity contribution is 5.94. The van der Waals surface area contributed by atoms with Gasteiger partial charge in [0.05, 0.1) is 12.4 Å². The molecule has 190 valence electrons. The van der Waals surface area contributed by atoms with Crippen LogP contribution >= 0.6 is 0 Å². The molecule has 0 spiro atoms. The Bertz CT molecular complexity index is 982. The first-order valence-corrected chi connectivity index (χ1v) is 11.5. The molecular formula is C24H34N6O5. The number of hydrogen-bond donors (Lipinski definition) is 6. The first-order valence-electron chi connectivity index (χ1n) is 11.5. The van der Waals surface area contributed by atoms with Crippen molar-refractivity contribution in [3.63, 3.8) is 0 Å². The Kier molecular flexibility index (Phi) is 10.4. The van der Waals surface area contributed by atoms with Crippen molar-refractivity contribution in [3.8, 4) is 0 Å². The number of nitrogens with two attached hydrogens (primary N) is 1. The SMILES string of the molecule is CCC(C)C(NC(=O)C(Cc1ccccc1)NC(=O)C(N)Cc1cnc[nH]1)C(=O)NC(C)C(=O)O. The Labute approximate surface area is 204 Å². The fraction of sp³-hybridized carbons (Fsp3) is 0.458. The number of rotatable bonds is 13. The second-order valence-corrected chi connectivity index (χ2v) is 8.58. The molecule has 0 bridgehead atoms. The quantitative estimate of drug-likeness (QED) is 0.233. The van der Waals surface area contributed by atoms with Crippen LogP contribution in [0.4, 0.5) is 0 Å². The molecule has 11 nitrogen and oxygen atoms in total. The lowest BCUT2D eigenvalue weighted by Crippen LogP contribution is -2.59. The van der Waals surface area contributed by atoms with Crippen LogP contribution in [0.2, 0.25) is 0 Å². The fourth-order valence-electron chi connectivity index (χ4n) is 3.38. The Balaban J connectivity index is 2.19. The molecule has 1 heterocycles. The summed E-state index contributed by atoms with van der Waals surface area (Å²) in [7, 11) is 0. The van der Waals surface area contributed by atoms with Crippen LogP contribution in [0.1, 0.15) is 38.4 Å². The average Bonchev–Trinajstić information content (AvgIpc) is 3.34. The molecule has 1 aromatic carbocycles. The number of aromatic amines is 1. The number of aliphatic carboxylic acids is 1. The van der Waals surface area contributed by atoms with Gasteiger partial charge in [-0.1, -0.05) is 50.6 Å². The van der Waals surface area contributed by atoms with Crippen LogP contribution in [0.25, 0.3) is 0 Å². The monoisotopic (exact) mass is 486 g/mol. The number of nitrogens with zero attached hydrogens (tertiary/aromatic N) is 1. The highest BCUT2D eigenvalue weighted by atomic mass is 16.4. The number of carbonyl (C=O) groups is 4. The summed E-state index contributed by atoms with van der Waals surface area (Å²) in [6, 6.07) is 5.09. The van der Waals surface area contributed by atoms with Gasteiger partial charge in [0, 0.05) is 24.7 Å². The summed E-state index contributed by atoms with van der Waals surface area (Å²) in [6.07, 6.45) is 3.99. The normalized spacial score (nSPS) is 15.2. The van der Waals surface area contributed by atoms with Crippen molar-refractivity contribution < 1.29 is 24.3 Å². The minimum Gasteiger partial charge on any atom is -0.480 e. The van der Waals surface area contributed by atoms with E-state index in [1.165, 1.54) is 13.3 Å². The number of H-pyrrole nitrogens is 1. The second-order valence-electron chi connectivity index (χ2n) is 8.58. The van der Waals surface area contributed by atoms with Crippen molar-refractivity contribution >= 4 is 23.7 Å². The second kappa shape index (κ2) is 13.2. The highest BCUT2D eigenvalue weighted by Gasteiger charge is 2.32. The number of carboxylic acid groups (broad SMARTS) is 1. The third-order valence-electron chi connectivity index (χ3n) is 5.77. The zero-order valence-corrected chi connectivity index (χ0v) is 20.2. The van der Waals surface area contributed by atoms with E-state index < -0.39 is 47.9 Å². The number of amides is 3. The molecule has 11 heteroatoms. The van der Waals surface area contributed by atoms with E-state index >= 15 is 0 Å². The Morgan fingerprint density at radius 3 is 2.26 bits per heavy atom. The summed E-state index contributed by atoms with van der Waals surface area (Å²) < 4.78 is 0. The first-order chi connectivity index (χ1) is 16.6. The molecule has 5 unspecified atom stereocenters. The summed E-state index contributed by atoms with van der Waals surface area (Å²) in [6.45, 7) is 4.98. The number of nitrogens with one attached hydrogen (secondary N) is 4. The van der Waals surface area contributed by atoms with Crippen molar-refractivity contribution in [3.05, 3.63) is 54.1 Å². The molecule has 0 fully saturated rings. The average molecular weight is 487 g/mol. The third-order valence-corrected chi connectivity index (χ3v) is 5.77. The van der Waals surface area contributed by atoms with E-state index in [0.29, 0.717) is 12.1 Å². The van der Waals surface area contributed by atoms with E-state index in [1.54, 1.807) is 13.1 Å². The van der Waals surface area contributed by atoms with Gasteiger partial charge in [-0.3, -0.25) is 19.2 Å². The van der Waals surface area contributed by atoms with Crippen LogP contribution in [-0.4, -0.2) is 62.9 Å². The first kappa shape index (κ1) is 27.5. The molecule has 1 aromatic heterocycles. The summed E-state index contributed by atoms with van der Waals surface area (Å²) >= 11 is 0. The van der Waals surface area contributed by atoms with Gasteiger partial charge >= 0.3 is 5.97 Å². The van der Waals surface area contributed by atoms with Crippen molar-refractivity contribution in [2.45, 2.75) is 64.2 Å². The van der Waals surface area contributed by atoms with Gasteiger partial charge in [-0.2, -0.15) is 0 Å². The molecule has 0 aliphatic carbocycles. The van der Waals surface area contributed by atoms with Crippen molar-refractivity contribution in [1.82, 2.24) is 25.9 Å². The predicted molar refractivity (Wildman–Crippen MR) is 129 cm³/mol. The predicted octanol–water partition coefficient (Wildman–Crippen LogP) is 0.127. The molecular weight excluding hydrogens is 452 g/mol. The van der Waals surface area contributed by atoms with E-state index in [9.17, 15) is 19.2 Å². The lowest BCUT2D eigenvalue weighted by Gasteiger charge is -2.27. The maximum Gasteiger partial charge on any atom is 0.325 e. The van der Waals surface area contributed by atoms with E-state index in [2.05, 4.69) is 25.9 Å². The summed E-state index contributed by atoms with van der Waals surface area (Å²) in [5, 5.41) is 16.9. The van der Waals surface area contributed by atoms with Gasteiger partial charge in [-0.05, 0) is 18.4 Å². The minimum absolute atomic E-state index is 0.176. The summed E-state index contributed by atoms with van der Waals surface area (Å²) in [4.78, 5) is 56.8. The molecule has 0 saturated carbocycles. The largest absolute Gasteiger partial charge is 0.480 e. The Morgan fingerprint density at radius 2 is 1.69 bits per heavy atom. The van der Waals surface area contributed by atoms with Gasteiger partial charge in [0.2, 0.25) is 17.7 Å². The van der Waals surface area contributed by atoms with Gasteiger partial charge in [-0.15, -0.1) is 0 Å². The van der Waals surface area contributed by atoms with Gasteiger partial charge in [0.15, 0.2) is 0 Å². The van der Waals surface area contributed by atoms with Crippen LogP contribution < -0.4 is 21.7 Å². The van der Waals surface area contributed by atoms with Gasteiger partial charge in [0.25, 0.3) is 0 Å². The number of carbonyl (C=O) groups excluding carboxylic acids is 3. The number of aromatic nitrogens is 2. The maximum absolute atomic E-state index is 13.3. The molecule has 2 aromatic rings. The van der Waals surface area contributed by atoms with Gasteiger partial charge in [0.1, 0.15) is 18.1 Å². The number of benzene rings is 1. The van der Waals surface area contributed by atoms with Crippen LogP contribution in [0.5, 0.6) is 0 Å². The van der Waals surface area contributed by atoms with E-state index in [0.717, 1.165) is 5.56 Å². The number of carboxylic acids is 1. The molecule has 0 aliphatic heterocycles. The van der Waals surface area contributed by atoms with E-state index in [4.69, 9.17) is 10.8 Å². The van der Waals surface area contributed by atoms with Crippen LogP contribution in [0.3, 0.4) is 0 Å². The molecule has 5 atom stereocenters. The molecule has 3 amide bonds. The zero-order valence-electron chi connectivity index (χ0n) is 20.2. The summed E-state index contributed by atoms with van der Waals surface area (Å²) in [5.41, 5.74) is 7.52. The van der Waals surface area contributed by atoms with Gasteiger partial charge in [-0.25, -0.2) is 4.98 Å². The minimum atomic E-state index is -1.19. The molecule has 0 saturated heterocycles. The van der Waals surface area contributed by atoms with Crippen LogP contribution in [0.15, 0.2) is 42.9 Å². The molecule has 35 heavy (non-hydrogen) atoms. The van der Waals surface area contributed by atoms with E-state index in [-0.39, 0.29) is 18.8 Å². The van der Waals surface area contributed by atoms with Crippen molar-refractivity contribution in [2.75, 3.05) is 0 Å². The van der Waals surface area contributed by atoms with Crippen LogP contribution in [-0.2, 0) is 32.0 Å². The maximum atomic E-state index is 13.3. The summed E-state index contributed by atoms with van der Waals surface area (Å²) in [5.74, 6) is -3.17. The Morgan fingerprint density at radius 1 is 1.00 bits per heavy atom. The molecule has 2 rings (SSSR count). The lowest BCUT2D eigenvalue weighted by atomic mass is 9.96. The molecule has 0 aliphatic rings. The third kappa shape index (κ3) is 8.53. The van der Waals surface area contributed by atoms with Crippen LogP contribution in [0, 0.1) is 5.92 Å². The fourth-order valence-corrected chi connectivity index (χ4v) is 3.38. The van der Waals surface area contributed by atoms with Crippen molar-refractivity contribution in [1.29, 1.82) is 0 Å². The Hall–Kier alpha value is -3.73. The highest BCUT2D eigenvalue weighted by Crippen LogP contribution is 2.11. The topological polar surface area (TPSA) is 179 Å². The number of imidazole rings is 1. The molecule has 7 N–H and O–H groups in total. The smallest absolute Gasteiger partial charge is 0.325 e. The standard InChI is InChI=1S/C24H34N6O5/c1-4-14(2)20(23(33)28-15(3)24(34)35)30-22(32)19(10-16-8-6-5-7-9-16)29-21(31)18(25)11-17-12-26-13-27-17/h5-9,12-15,18-20H,4,10-11,25H2,1-3H3,(H,26,27)(H,28,33)(H,29,31)(H,30,32)(H,34,35).